The van der Waals surface area contributed by atoms with Crippen LogP contribution in [0, 0.1) is 0 Å². The van der Waals surface area contributed by atoms with Gasteiger partial charge in [-0.25, -0.2) is 0 Å². The molecule has 0 aliphatic rings. The van der Waals surface area contributed by atoms with E-state index in [0.29, 0.717) is 0 Å². The summed E-state index contributed by atoms with van der Waals surface area (Å²) in [6.07, 6.45) is 15.0. The normalized spacial score (nSPS) is 10.0. The molecule has 2 aromatic rings. The zero-order chi connectivity index (χ0) is 20.5. The second-order valence-electron chi connectivity index (χ2n) is 7.62. The van der Waals surface area contributed by atoms with Crippen molar-refractivity contribution in [2.75, 3.05) is 0 Å². The van der Waals surface area contributed by atoms with Crippen LogP contribution in [0.1, 0.15) is 89.2 Å². The summed E-state index contributed by atoms with van der Waals surface area (Å²) in [5.74, 6) is 0.270. The van der Waals surface area contributed by atoms with Crippen molar-refractivity contribution in [1.29, 1.82) is 0 Å². The molecular formula is C26H38BaO2. The average molecular weight is 520 g/mol. The summed E-state index contributed by atoms with van der Waals surface area (Å²) in [4.78, 5) is 0. The summed E-state index contributed by atoms with van der Waals surface area (Å²) in [6, 6.07) is 14.5. The summed E-state index contributed by atoms with van der Waals surface area (Å²) in [6.45, 7) is 4.45. The van der Waals surface area contributed by atoms with Crippen molar-refractivity contribution < 1.29 is 10.2 Å². The molecule has 0 radical (unpaired) electrons. The number of unbranched alkanes of at least 4 members (excludes halogenated alkanes) is 8. The van der Waals surface area contributed by atoms with Crippen LogP contribution in [0.5, 0.6) is 11.5 Å². The SMILES string of the molecule is CCCCCCCc1cccc([O-])c1.CCCCCCCc1cccc([O-])c1.[Ba+2]. The summed E-state index contributed by atoms with van der Waals surface area (Å²) in [7, 11) is 0. The van der Waals surface area contributed by atoms with Gasteiger partial charge < -0.3 is 10.2 Å². The molecule has 156 valence electrons. The molecule has 29 heavy (non-hydrogen) atoms. The van der Waals surface area contributed by atoms with Gasteiger partial charge in [-0.3, -0.25) is 0 Å². The van der Waals surface area contributed by atoms with E-state index in [-0.39, 0.29) is 60.4 Å². The molecule has 0 aromatic heterocycles. The van der Waals surface area contributed by atoms with Crippen LogP contribution < -0.4 is 10.2 Å². The van der Waals surface area contributed by atoms with Crippen molar-refractivity contribution in [2.45, 2.75) is 90.9 Å². The van der Waals surface area contributed by atoms with Crippen molar-refractivity contribution in [2.24, 2.45) is 0 Å². The summed E-state index contributed by atoms with van der Waals surface area (Å²) < 4.78 is 0. The van der Waals surface area contributed by atoms with Gasteiger partial charge >= 0.3 is 48.9 Å². The third kappa shape index (κ3) is 16.0. The molecule has 0 N–H and O–H groups in total. The van der Waals surface area contributed by atoms with Crippen molar-refractivity contribution in [3.8, 4) is 11.5 Å². The molecule has 2 rings (SSSR count). The van der Waals surface area contributed by atoms with Gasteiger partial charge in [0.15, 0.2) is 0 Å². The van der Waals surface area contributed by atoms with Gasteiger partial charge in [0.05, 0.1) is 0 Å². The minimum absolute atomic E-state index is 0. The van der Waals surface area contributed by atoms with E-state index in [1.54, 1.807) is 24.3 Å². The quantitative estimate of drug-likeness (QED) is 0.249. The van der Waals surface area contributed by atoms with E-state index in [1.165, 1.54) is 75.3 Å². The van der Waals surface area contributed by atoms with Crippen LogP contribution in [0.15, 0.2) is 48.5 Å². The number of hydrogen-bond donors (Lipinski definition) is 0. The Bertz CT molecular complexity index is 572. The molecule has 0 aliphatic heterocycles. The first-order valence-electron chi connectivity index (χ1n) is 11.2. The third-order valence-corrected chi connectivity index (χ3v) is 4.93. The van der Waals surface area contributed by atoms with Crippen LogP contribution in [0.25, 0.3) is 0 Å². The largest absolute Gasteiger partial charge is 2.00 e. The molecule has 2 nitrogen and oxygen atoms in total. The van der Waals surface area contributed by atoms with Crippen molar-refractivity contribution in [3.05, 3.63) is 59.7 Å². The van der Waals surface area contributed by atoms with Crippen LogP contribution >= 0.6 is 0 Å². The van der Waals surface area contributed by atoms with Crippen LogP contribution in [0.3, 0.4) is 0 Å². The van der Waals surface area contributed by atoms with Crippen LogP contribution in [-0.4, -0.2) is 48.9 Å². The predicted octanol–water partition coefficient (Wildman–Crippen LogP) is 6.17. The Morgan fingerprint density at radius 2 is 0.931 bits per heavy atom. The molecule has 0 atom stereocenters. The topological polar surface area (TPSA) is 46.1 Å². The zero-order valence-electron chi connectivity index (χ0n) is 18.6. The molecule has 0 aliphatic carbocycles. The Balaban J connectivity index is 0.000000523. The smallest absolute Gasteiger partial charge is 0.872 e. The molecular weight excluding hydrogens is 482 g/mol. The summed E-state index contributed by atoms with van der Waals surface area (Å²) in [5.41, 5.74) is 2.38. The van der Waals surface area contributed by atoms with Crippen LogP contribution in [-0.2, 0) is 12.8 Å². The summed E-state index contributed by atoms with van der Waals surface area (Å²) >= 11 is 0. The fraction of sp³-hybridized carbons (Fsp3) is 0.538. The first-order valence-corrected chi connectivity index (χ1v) is 11.2. The maximum absolute atomic E-state index is 11.0. The van der Waals surface area contributed by atoms with Gasteiger partial charge in [0.2, 0.25) is 0 Å². The van der Waals surface area contributed by atoms with E-state index in [2.05, 4.69) is 13.8 Å². The molecule has 0 bridgehead atoms. The minimum Gasteiger partial charge on any atom is -0.872 e. The summed E-state index contributed by atoms with van der Waals surface area (Å²) in [5, 5.41) is 22.1. The van der Waals surface area contributed by atoms with Gasteiger partial charge in [0.1, 0.15) is 0 Å². The maximum atomic E-state index is 11.0. The van der Waals surface area contributed by atoms with Gasteiger partial charge in [-0.1, -0.05) is 114 Å². The van der Waals surface area contributed by atoms with E-state index in [4.69, 9.17) is 0 Å². The standard InChI is InChI=1S/2C13H20O.Ba/c2*1-2-3-4-5-6-8-12-9-7-10-13(14)11-12;/h2*7,9-11,14H,2-6,8H2,1H3;/q;;+2/p-2. The molecule has 0 heterocycles. The molecule has 0 spiro atoms. The van der Waals surface area contributed by atoms with Crippen LogP contribution in [0.4, 0.5) is 0 Å². The Hall–Kier alpha value is -0.389. The van der Waals surface area contributed by atoms with Gasteiger partial charge in [0.25, 0.3) is 0 Å². The first-order chi connectivity index (χ1) is 13.7. The average Bonchev–Trinajstić information content (AvgIpc) is 2.68. The number of aryl methyl sites for hydroxylation is 2. The monoisotopic (exact) mass is 520 g/mol. The van der Waals surface area contributed by atoms with E-state index >= 15 is 0 Å². The third-order valence-electron chi connectivity index (χ3n) is 4.93. The fourth-order valence-electron chi connectivity index (χ4n) is 3.27. The Kier molecular flexibility index (Phi) is 19.3. The second-order valence-corrected chi connectivity index (χ2v) is 7.62. The number of rotatable bonds is 12. The molecule has 0 saturated heterocycles. The molecule has 0 fully saturated rings. The Labute approximate surface area is 219 Å². The van der Waals surface area contributed by atoms with Gasteiger partial charge in [-0.05, 0) is 36.8 Å². The van der Waals surface area contributed by atoms with Crippen molar-refractivity contribution in [1.82, 2.24) is 0 Å². The molecule has 3 heteroatoms. The molecule has 2 aromatic carbocycles. The number of hydrogen-bond acceptors (Lipinski definition) is 2. The van der Waals surface area contributed by atoms with E-state index in [0.717, 1.165) is 12.8 Å². The Morgan fingerprint density at radius 1 is 0.552 bits per heavy atom. The van der Waals surface area contributed by atoms with Crippen molar-refractivity contribution in [3.63, 3.8) is 0 Å². The second kappa shape index (κ2) is 19.6. The van der Waals surface area contributed by atoms with Gasteiger partial charge in [0, 0.05) is 0 Å². The van der Waals surface area contributed by atoms with E-state index in [9.17, 15) is 10.2 Å². The Morgan fingerprint density at radius 3 is 1.28 bits per heavy atom. The zero-order valence-corrected chi connectivity index (χ0v) is 23.1. The van der Waals surface area contributed by atoms with Crippen LogP contribution in [0.2, 0.25) is 0 Å². The fourth-order valence-corrected chi connectivity index (χ4v) is 3.27. The predicted molar refractivity (Wildman–Crippen MR) is 122 cm³/mol. The van der Waals surface area contributed by atoms with E-state index in [1.807, 2.05) is 24.3 Å². The van der Waals surface area contributed by atoms with Gasteiger partial charge in [-0.2, -0.15) is 0 Å². The van der Waals surface area contributed by atoms with Gasteiger partial charge in [-0.15, -0.1) is 11.5 Å². The van der Waals surface area contributed by atoms with Crippen molar-refractivity contribution >= 4 is 48.9 Å². The molecule has 0 saturated carbocycles. The first kappa shape index (κ1) is 28.6. The van der Waals surface area contributed by atoms with E-state index < -0.39 is 0 Å². The minimum atomic E-state index is 0. The molecule has 0 amide bonds. The maximum Gasteiger partial charge on any atom is 2.00 e. The molecule has 0 unspecified atom stereocenters. The number of benzene rings is 2.